The Morgan fingerprint density at radius 2 is 1.83 bits per heavy atom. The van der Waals surface area contributed by atoms with Gasteiger partial charge in [-0.3, -0.25) is 19.7 Å². The maximum atomic E-state index is 12.4. The number of nitro groups is 1. The monoisotopic (exact) mass is 432 g/mol. The van der Waals surface area contributed by atoms with E-state index in [4.69, 9.17) is 16.3 Å². The van der Waals surface area contributed by atoms with E-state index in [0.29, 0.717) is 37.0 Å². The highest BCUT2D eigenvalue weighted by Gasteiger charge is 2.19. The summed E-state index contributed by atoms with van der Waals surface area (Å²) < 4.78 is 5.37. The summed E-state index contributed by atoms with van der Waals surface area (Å²) in [5, 5.41) is 16.7. The third-order valence-electron chi connectivity index (χ3n) is 4.57. The minimum Gasteiger partial charge on any atom is -0.378 e. The number of carbonyl (C=O) groups is 2. The summed E-state index contributed by atoms with van der Waals surface area (Å²) in [5.41, 5.74) is 1.55. The van der Waals surface area contributed by atoms with Crippen LogP contribution in [0.15, 0.2) is 42.5 Å². The molecule has 0 atom stereocenters. The summed E-state index contributed by atoms with van der Waals surface area (Å²) in [6, 6.07) is 10.6. The van der Waals surface area contributed by atoms with Crippen LogP contribution in [0.1, 0.15) is 16.8 Å². The number of nitrogens with zero attached hydrogens (tertiary/aromatic N) is 2. The molecule has 2 aromatic carbocycles. The Morgan fingerprint density at radius 1 is 1.13 bits per heavy atom. The van der Waals surface area contributed by atoms with Crippen molar-refractivity contribution in [3.63, 3.8) is 0 Å². The quantitative estimate of drug-likeness (QED) is 0.513. The number of morpholine rings is 1. The van der Waals surface area contributed by atoms with Crippen LogP contribution in [0.5, 0.6) is 0 Å². The summed E-state index contributed by atoms with van der Waals surface area (Å²) >= 11 is 6.36. The first kappa shape index (κ1) is 21.5. The Kier molecular flexibility index (Phi) is 7.21. The Hall–Kier alpha value is -3.17. The van der Waals surface area contributed by atoms with E-state index in [9.17, 15) is 19.7 Å². The maximum Gasteiger partial charge on any atom is 0.269 e. The maximum absolute atomic E-state index is 12.4. The summed E-state index contributed by atoms with van der Waals surface area (Å²) in [4.78, 5) is 36.7. The smallest absolute Gasteiger partial charge is 0.269 e. The molecule has 30 heavy (non-hydrogen) atoms. The molecule has 2 amide bonds. The van der Waals surface area contributed by atoms with Crippen LogP contribution < -0.4 is 15.5 Å². The first-order chi connectivity index (χ1) is 14.5. The second-order valence-corrected chi connectivity index (χ2v) is 7.00. The second kappa shape index (κ2) is 10.0. The van der Waals surface area contributed by atoms with E-state index in [1.54, 1.807) is 18.2 Å². The van der Waals surface area contributed by atoms with Crippen molar-refractivity contribution in [2.45, 2.75) is 6.42 Å². The molecule has 1 aliphatic heterocycles. The Morgan fingerprint density at radius 3 is 2.50 bits per heavy atom. The number of ether oxygens (including phenoxy) is 1. The lowest BCUT2D eigenvalue weighted by Crippen LogP contribution is -2.37. The van der Waals surface area contributed by atoms with Gasteiger partial charge < -0.3 is 20.3 Å². The minimum atomic E-state index is -0.535. The van der Waals surface area contributed by atoms with Crippen LogP contribution in [0.4, 0.5) is 17.1 Å². The van der Waals surface area contributed by atoms with Gasteiger partial charge in [-0.2, -0.15) is 0 Å². The fourth-order valence-electron chi connectivity index (χ4n) is 3.06. The zero-order valence-electron chi connectivity index (χ0n) is 16.1. The average Bonchev–Trinajstić information content (AvgIpc) is 2.74. The number of rotatable bonds is 7. The first-order valence-electron chi connectivity index (χ1n) is 9.39. The van der Waals surface area contributed by atoms with Gasteiger partial charge in [0.25, 0.3) is 11.6 Å². The largest absolute Gasteiger partial charge is 0.378 e. The number of para-hydroxylation sites is 1. The predicted molar refractivity (Wildman–Crippen MR) is 113 cm³/mol. The number of hydrogen-bond acceptors (Lipinski definition) is 6. The minimum absolute atomic E-state index is 0.0633. The number of amides is 2. The molecule has 0 aliphatic carbocycles. The van der Waals surface area contributed by atoms with Crippen LogP contribution in [-0.4, -0.2) is 49.6 Å². The van der Waals surface area contributed by atoms with Crippen LogP contribution >= 0.6 is 11.6 Å². The molecule has 0 bridgehead atoms. The number of nitrogens with one attached hydrogen (secondary N) is 2. The van der Waals surface area contributed by atoms with Crippen molar-refractivity contribution in [2.75, 3.05) is 43.1 Å². The van der Waals surface area contributed by atoms with Gasteiger partial charge >= 0.3 is 0 Å². The lowest BCUT2D eigenvalue weighted by molar-refractivity contribution is -0.384. The van der Waals surface area contributed by atoms with Gasteiger partial charge in [0, 0.05) is 43.8 Å². The molecule has 2 aromatic rings. The van der Waals surface area contributed by atoms with E-state index in [-0.39, 0.29) is 30.1 Å². The molecule has 9 nitrogen and oxygen atoms in total. The SMILES string of the molecule is O=C(CCNC(=O)c1ccc([N+](=O)[O-])cc1)Nc1cccc(Cl)c1N1CCOCC1. The van der Waals surface area contributed by atoms with E-state index < -0.39 is 10.8 Å². The van der Waals surface area contributed by atoms with Crippen LogP contribution in [-0.2, 0) is 9.53 Å². The lowest BCUT2D eigenvalue weighted by Gasteiger charge is -2.31. The molecule has 2 N–H and O–H groups in total. The predicted octanol–water partition coefficient (Wildman–Crippen LogP) is 2.84. The van der Waals surface area contributed by atoms with Gasteiger partial charge in [-0.1, -0.05) is 17.7 Å². The van der Waals surface area contributed by atoms with E-state index >= 15 is 0 Å². The van der Waals surface area contributed by atoms with Crippen molar-refractivity contribution in [1.82, 2.24) is 5.32 Å². The van der Waals surface area contributed by atoms with Crippen LogP contribution in [0.3, 0.4) is 0 Å². The van der Waals surface area contributed by atoms with Crippen molar-refractivity contribution < 1.29 is 19.2 Å². The molecule has 158 valence electrons. The van der Waals surface area contributed by atoms with Crippen molar-refractivity contribution in [2.24, 2.45) is 0 Å². The number of non-ortho nitro benzene ring substituents is 1. The normalized spacial score (nSPS) is 13.6. The number of hydrogen-bond donors (Lipinski definition) is 2. The van der Waals surface area contributed by atoms with E-state index in [2.05, 4.69) is 15.5 Å². The molecule has 10 heteroatoms. The molecule has 0 saturated carbocycles. The molecule has 0 radical (unpaired) electrons. The Balaban J connectivity index is 1.54. The van der Waals surface area contributed by atoms with Crippen LogP contribution in [0.2, 0.25) is 5.02 Å². The highest BCUT2D eigenvalue weighted by atomic mass is 35.5. The fourth-order valence-corrected chi connectivity index (χ4v) is 3.36. The zero-order valence-corrected chi connectivity index (χ0v) is 16.9. The molecule has 3 rings (SSSR count). The zero-order chi connectivity index (χ0) is 21.5. The van der Waals surface area contributed by atoms with Gasteiger partial charge in [0.05, 0.1) is 34.5 Å². The van der Waals surface area contributed by atoms with Gasteiger partial charge in [0.15, 0.2) is 0 Å². The summed E-state index contributed by atoms with van der Waals surface area (Å²) in [6.07, 6.45) is 0.0633. The lowest BCUT2D eigenvalue weighted by atomic mass is 10.2. The molecule has 0 spiro atoms. The Bertz CT molecular complexity index is 929. The molecule has 1 heterocycles. The number of benzene rings is 2. The summed E-state index contributed by atoms with van der Waals surface area (Å²) in [5.74, 6) is -0.676. The van der Waals surface area contributed by atoms with Gasteiger partial charge in [-0.15, -0.1) is 0 Å². The molecule has 1 saturated heterocycles. The third kappa shape index (κ3) is 5.46. The van der Waals surface area contributed by atoms with Gasteiger partial charge in [-0.05, 0) is 24.3 Å². The summed E-state index contributed by atoms with van der Waals surface area (Å²) in [7, 11) is 0. The van der Waals surface area contributed by atoms with Crippen molar-refractivity contribution >= 4 is 40.5 Å². The van der Waals surface area contributed by atoms with Gasteiger partial charge in [0.1, 0.15) is 0 Å². The summed E-state index contributed by atoms with van der Waals surface area (Å²) in [6.45, 7) is 2.66. The molecule has 0 unspecified atom stereocenters. The van der Waals surface area contributed by atoms with E-state index in [1.807, 2.05) is 0 Å². The first-order valence-corrected chi connectivity index (χ1v) is 9.77. The highest BCUT2D eigenvalue weighted by Crippen LogP contribution is 2.34. The van der Waals surface area contributed by atoms with Gasteiger partial charge in [0.2, 0.25) is 5.91 Å². The molecule has 1 aliphatic rings. The van der Waals surface area contributed by atoms with Crippen molar-refractivity contribution in [3.8, 4) is 0 Å². The van der Waals surface area contributed by atoms with E-state index in [0.717, 1.165) is 5.69 Å². The Labute approximate surface area is 178 Å². The second-order valence-electron chi connectivity index (χ2n) is 6.59. The number of nitro benzene ring substituents is 1. The average molecular weight is 433 g/mol. The third-order valence-corrected chi connectivity index (χ3v) is 4.87. The van der Waals surface area contributed by atoms with E-state index in [1.165, 1.54) is 24.3 Å². The molecular formula is C20H21ClN4O5. The fraction of sp³-hybridized carbons (Fsp3) is 0.300. The number of halogens is 1. The van der Waals surface area contributed by atoms with Crippen LogP contribution in [0, 0.1) is 10.1 Å². The number of carbonyl (C=O) groups excluding carboxylic acids is 2. The van der Waals surface area contributed by atoms with Crippen LogP contribution in [0.25, 0.3) is 0 Å². The molecule has 0 aromatic heterocycles. The standard InChI is InChI=1S/C20H21ClN4O5/c21-16-2-1-3-17(19(16)24-10-12-30-13-11-24)23-18(26)8-9-22-20(27)14-4-6-15(7-5-14)25(28)29/h1-7H,8-13H2,(H,22,27)(H,23,26). The topological polar surface area (TPSA) is 114 Å². The van der Waals surface area contributed by atoms with Gasteiger partial charge in [-0.25, -0.2) is 0 Å². The molecular weight excluding hydrogens is 412 g/mol. The number of anilines is 2. The van der Waals surface area contributed by atoms with Crippen molar-refractivity contribution in [1.29, 1.82) is 0 Å². The highest BCUT2D eigenvalue weighted by molar-refractivity contribution is 6.34. The van der Waals surface area contributed by atoms with Crippen molar-refractivity contribution in [3.05, 3.63) is 63.2 Å². The molecule has 1 fully saturated rings.